The van der Waals surface area contributed by atoms with E-state index in [9.17, 15) is 22.8 Å². The molecule has 0 saturated heterocycles. The fourth-order valence-electron chi connectivity index (χ4n) is 4.91. The Kier molecular flexibility index (Phi) is 9.72. The van der Waals surface area contributed by atoms with Crippen molar-refractivity contribution in [2.45, 2.75) is 50.4 Å². The predicted molar refractivity (Wildman–Crippen MR) is 161 cm³/mol. The molecular formula is C33H32F3N3O6. The molecule has 1 aromatic heterocycles. The summed E-state index contributed by atoms with van der Waals surface area (Å²) in [7, 11) is 1.51. The number of benzene rings is 3. The first-order valence-electron chi connectivity index (χ1n) is 14.4. The van der Waals surface area contributed by atoms with E-state index < -0.39 is 29.7 Å². The van der Waals surface area contributed by atoms with E-state index in [4.69, 9.17) is 24.7 Å². The molecule has 12 heteroatoms. The fourth-order valence-corrected chi connectivity index (χ4v) is 4.91. The summed E-state index contributed by atoms with van der Waals surface area (Å²) in [4.78, 5) is 29.2. The van der Waals surface area contributed by atoms with Crippen molar-refractivity contribution >= 4 is 28.5 Å². The van der Waals surface area contributed by atoms with Crippen molar-refractivity contribution in [3.05, 3.63) is 84.1 Å². The van der Waals surface area contributed by atoms with Crippen molar-refractivity contribution < 1.29 is 41.7 Å². The zero-order valence-corrected chi connectivity index (χ0v) is 24.4. The molecule has 0 radical (unpaired) electrons. The number of hydrogen-bond donors (Lipinski definition) is 2. The largest absolute Gasteiger partial charge is 0.493 e. The van der Waals surface area contributed by atoms with Crippen molar-refractivity contribution in [1.82, 2.24) is 4.98 Å². The molecule has 5 rings (SSSR count). The van der Waals surface area contributed by atoms with E-state index in [0.717, 1.165) is 49.9 Å². The molecule has 3 aromatic carbocycles. The van der Waals surface area contributed by atoms with Gasteiger partial charge in [-0.15, -0.1) is 0 Å². The van der Waals surface area contributed by atoms with Gasteiger partial charge in [0, 0.05) is 35.3 Å². The van der Waals surface area contributed by atoms with Crippen LogP contribution in [0.15, 0.2) is 72.9 Å². The normalized spacial score (nSPS) is 14.2. The van der Waals surface area contributed by atoms with E-state index in [1.807, 2.05) is 0 Å². The summed E-state index contributed by atoms with van der Waals surface area (Å²) in [6.07, 6.45) is 1.19. The Morgan fingerprint density at radius 2 is 1.69 bits per heavy atom. The van der Waals surface area contributed by atoms with Crippen LogP contribution in [0.1, 0.15) is 48.0 Å². The fraction of sp³-hybridized carbons (Fsp3) is 0.303. The summed E-state index contributed by atoms with van der Waals surface area (Å²) in [5.41, 5.74) is 6.29. The lowest BCUT2D eigenvalue weighted by Gasteiger charge is -2.17. The lowest BCUT2D eigenvalue weighted by Crippen LogP contribution is -2.35. The number of carbonyl (C=O) groups excluding carboxylic acids is 2. The second-order valence-corrected chi connectivity index (χ2v) is 10.6. The highest BCUT2D eigenvalue weighted by molar-refractivity contribution is 6.04. The number of nitrogens with two attached hydrogens (primary N) is 1. The van der Waals surface area contributed by atoms with Crippen molar-refractivity contribution in [3.63, 3.8) is 0 Å². The van der Waals surface area contributed by atoms with Gasteiger partial charge in [-0.1, -0.05) is 0 Å². The maximum Gasteiger partial charge on any atom is 0.416 e. The van der Waals surface area contributed by atoms with Crippen LogP contribution in [0.2, 0.25) is 0 Å². The highest BCUT2D eigenvalue weighted by Gasteiger charge is 2.30. The van der Waals surface area contributed by atoms with E-state index >= 15 is 0 Å². The first kappa shape index (κ1) is 31.6. The molecule has 0 bridgehead atoms. The van der Waals surface area contributed by atoms with Gasteiger partial charge in [0.2, 0.25) is 0 Å². The molecule has 3 N–H and O–H groups in total. The third-order valence-electron chi connectivity index (χ3n) is 7.38. The minimum absolute atomic E-state index is 0.0488. The molecule has 1 aliphatic carbocycles. The molecule has 1 amide bonds. The molecule has 45 heavy (non-hydrogen) atoms. The zero-order valence-electron chi connectivity index (χ0n) is 24.4. The number of hydrogen-bond acceptors (Lipinski definition) is 8. The Balaban J connectivity index is 1.21. The SMILES string of the molecule is COc1cc2c(Oc3ccc(NC(=O)c4ccc(C(F)(F)F)cc4)cc3)ccnc2cc1OCCC(N)C(=O)OC1CCCC1. The third kappa shape index (κ3) is 8.01. The van der Waals surface area contributed by atoms with Gasteiger partial charge in [-0.2, -0.15) is 13.2 Å². The second-order valence-electron chi connectivity index (χ2n) is 10.6. The van der Waals surface area contributed by atoms with Crippen LogP contribution in [-0.4, -0.2) is 42.7 Å². The number of carbonyl (C=O) groups is 2. The molecule has 1 aliphatic rings. The number of rotatable bonds is 11. The van der Waals surface area contributed by atoms with Crippen LogP contribution in [0.3, 0.4) is 0 Å². The molecule has 4 aromatic rings. The van der Waals surface area contributed by atoms with Gasteiger partial charge in [-0.3, -0.25) is 14.6 Å². The average Bonchev–Trinajstić information content (AvgIpc) is 3.54. The lowest BCUT2D eigenvalue weighted by molar-refractivity contribution is -0.150. The van der Waals surface area contributed by atoms with Crippen molar-refractivity contribution in [3.8, 4) is 23.0 Å². The van der Waals surface area contributed by atoms with E-state index in [-0.39, 0.29) is 24.7 Å². The number of methoxy groups -OCH3 is 1. The number of fused-ring (bicyclic) bond motifs is 1. The van der Waals surface area contributed by atoms with E-state index in [1.54, 1.807) is 48.7 Å². The summed E-state index contributed by atoms with van der Waals surface area (Å²) < 4.78 is 61.4. The van der Waals surface area contributed by atoms with Gasteiger partial charge >= 0.3 is 12.1 Å². The minimum Gasteiger partial charge on any atom is -0.493 e. The summed E-state index contributed by atoms with van der Waals surface area (Å²) in [5, 5.41) is 3.31. The number of pyridine rings is 1. The first-order valence-corrected chi connectivity index (χ1v) is 14.4. The van der Waals surface area contributed by atoms with Crippen molar-refractivity contribution in [2.24, 2.45) is 5.73 Å². The molecule has 1 atom stereocenters. The van der Waals surface area contributed by atoms with Gasteiger partial charge < -0.3 is 30.0 Å². The van der Waals surface area contributed by atoms with Gasteiger partial charge in [0.1, 0.15) is 23.6 Å². The Hall–Kier alpha value is -4.84. The van der Waals surface area contributed by atoms with Crippen LogP contribution in [-0.2, 0) is 15.7 Å². The molecule has 1 fully saturated rings. The van der Waals surface area contributed by atoms with E-state index in [2.05, 4.69) is 10.3 Å². The quantitative estimate of drug-likeness (QED) is 0.173. The highest BCUT2D eigenvalue weighted by atomic mass is 19.4. The first-order chi connectivity index (χ1) is 21.6. The molecule has 0 aliphatic heterocycles. The minimum atomic E-state index is -4.48. The molecule has 236 valence electrons. The molecule has 1 saturated carbocycles. The zero-order chi connectivity index (χ0) is 32.0. The Labute approximate surface area is 257 Å². The predicted octanol–water partition coefficient (Wildman–Crippen LogP) is 6.89. The van der Waals surface area contributed by atoms with Crippen molar-refractivity contribution in [2.75, 3.05) is 19.0 Å². The number of anilines is 1. The number of ether oxygens (including phenoxy) is 4. The molecule has 1 unspecified atom stereocenters. The van der Waals surface area contributed by atoms with Gasteiger partial charge in [-0.05, 0) is 86.3 Å². The topological polar surface area (TPSA) is 122 Å². The average molecular weight is 624 g/mol. The van der Waals surface area contributed by atoms with Crippen LogP contribution < -0.4 is 25.3 Å². The van der Waals surface area contributed by atoms with Gasteiger partial charge in [0.25, 0.3) is 5.91 Å². The monoisotopic (exact) mass is 623 g/mol. The smallest absolute Gasteiger partial charge is 0.416 e. The molecule has 1 heterocycles. The second kappa shape index (κ2) is 13.9. The number of alkyl halides is 3. The van der Waals surface area contributed by atoms with E-state index in [0.29, 0.717) is 39.6 Å². The molecule has 0 spiro atoms. The molecule has 9 nitrogen and oxygen atoms in total. The lowest BCUT2D eigenvalue weighted by atomic mass is 10.1. The highest BCUT2D eigenvalue weighted by Crippen LogP contribution is 2.37. The maximum atomic E-state index is 12.8. The Morgan fingerprint density at radius 1 is 0.978 bits per heavy atom. The number of aromatic nitrogens is 1. The van der Waals surface area contributed by atoms with Gasteiger partial charge in [-0.25, -0.2) is 0 Å². The van der Waals surface area contributed by atoms with Crippen LogP contribution in [0, 0.1) is 0 Å². The number of amides is 1. The van der Waals surface area contributed by atoms with Crippen LogP contribution >= 0.6 is 0 Å². The number of nitrogens with zero attached hydrogens (tertiary/aromatic N) is 1. The van der Waals surface area contributed by atoms with Gasteiger partial charge in [0.15, 0.2) is 11.5 Å². The number of esters is 1. The van der Waals surface area contributed by atoms with Crippen molar-refractivity contribution in [1.29, 1.82) is 0 Å². The van der Waals surface area contributed by atoms with Crippen LogP contribution in [0.4, 0.5) is 18.9 Å². The summed E-state index contributed by atoms with van der Waals surface area (Å²) in [6.45, 7) is 0.167. The van der Waals surface area contributed by atoms with Gasteiger partial charge in [0.05, 0.1) is 24.8 Å². The summed E-state index contributed by atoms with van der Waals surface area (Å²) in [5.74, 6) is 0.849. The number of nitrogens with one attached hydrogen (secondary N) is 1. The number of halogens is 3. The van der Waals surface area contributed by atoms with Crippen LogP contribution in [0.25, 0.3) is 10.9 Å². The maximum absolute atomic E-state index is 12.8. The van der Waals surface area contributed by atoms with E-state index in [1.165, 1.54) is 7.11 Å². The van der Waals surface area contributed by atoms with Crippen LogP contribution in [0.5, 0.6) is 23.0 Å². The summed E-state index contributed by atoms with van der Waals surface area (Å²) >= 11 is 0. The standard InChI is InChI=1S/C33H32F3N3O6/c1-42-29-18-25-27(19-30(29)43-17-15-26(37)32(41)45-23-4-2-3-5-23)38-16-14-28(25)44-24-12-10-22(11-13-24)39-31(40)20-6-8-21(9-7-20)33(34,35)36/h6-14,16,18-19,23,26H,2-5,15,17,37H2,1H3,(H,39,40). The molecular weight excluding hydrogens is 591 g/mol. The summed E-state index contributed by atoms with van der Waals surface area (Å²) in [6, 6.07) is 14.8. The third-order valence-corrected chi connectivity index (χ3v) is 7.38. The Bertz CT molecular complexity index is 1640. The Morgan fingerprint density at radius 3 is 2.36 bits per heavy atom.